The van der Waals surface area contributed by atoms with E-state index >= 15 is 0 Å². The van der Waals surface area contributed by atoms with Crippen molar-refractivity contribution >= 4 is 34.6 Å². The van der Waals surface area contributed by atoms with Crippen LogP contribution in [0.25, 0.3) is 5.69 Å². The molecule has 0 bridgehead atoms. The fourth-order valence-electron chi connectivity index (χ4n) is 5.38. The number of benzene rings is 2. The first-order valence-electron chi connectivity index (χ1n) is 13.1. The van der Waals surface area contributed by atoms with Crippen LogP contribution in [0.15, 0.2) is 79.0 Å². The Hall–Kier alpha value is -4.77. The monoisotopic (exact) mass is 570 g/mol. The maximum atomic E-state index is 12.8. The molecule has 11 heteroatoms. The molecule has 0 unspecified atom stereocenters. The van der Waals surface area contributed by atoms with Crippen LogP contribution in [0.3, 0.4) is 0 Å². The van der Waals surface area contributed by atoms with Crippen molar-refractivity contribution in [2.75, 3.05) is 19.0 Å². The Kier molecular flexibility index (Phi) is 7.97. The van der Waals surface area contributed by atoms with Gasteiger partial charge in [0.1, 0.15) is 11.4 Å². The van der Waals surface area contributed by atoms with E-state index in [-0.39, 0.29) is 30.1 Å². The van der Waals surface area contributed by atoms with Gasteiger partial charge in [0.05, 0.1) is 35.9 Å². The molecule has 2 aromatic carbocycles. The molecule has 1 saturated heterocycles. The van der Waals surface area contributed by atoms with Crippen molar-refractivity contribution in [1.82, 2.24) is 19.8 Å². The van der Waals surface area contributed by atoms with Crippen LogP contribution < -0.4 is 15.4 Å². The number of thiocarbonyl (C=S) groups is 1. The third kappa shape index (κ3) is 5.62. The summed E-state index contributed by atoms with van der Waals surface area (Å²) in [5.74, 6) is 0.280. The third-order valence-corrected chi connectivity index (χ3v) is 7.60. The van der Waals surface area contributed by atoms with Crippen LogP contribution in [0, 0.1) is 24.0 Å². The minimum absolute atomic E-state index is 0.0616. The van der Waals surface area contributed by atoms with Crippen LogP contribution in [0.5, 0.6) is 5.75 Å². The van der Waals surface area contributed by atoms with E-state index in [1.165, 1.54) is 13.2 Å². The van der Waals surface area contributed by atoms with E-state index in [2.05, 4.69) is 15.6 Å². The zero-order valence-electron chi connectivity index (χ0n) is 22.9. The number of nitro benzene ring substituents is 1. The largest absolute Gasteiger partial charge is 0.496 e. The molecular formula is C30H30N6O4S. The smallest absolute Gasteiger partial charge is 0.296 e. The van der Waals surface area contributed by atoms with Gasteiger partial charge in [0, 0.05) is 36.2 Å². The second kappa shape index (κ2) is 11.8. The van der Waals surface area contributed by atoms with Gasteiger partial charge in [0.25, 0.3) is 5.69 Å². The van der Waals surface area contributed by atoms with Crippen LogP contribution in [0.1, 0.15) is 41.1 Å². The van der Waals surface area contributed by atoms with Crippen molar-refractivity contribution in [3.8, 4) is 11.4 Å². The minimum Gasteiger partial charge on any atom is -0.496 e. The van der Waals surface area contributed by atoms with Gasteiger partial charge in [0.2, 0.25) is 5.91 Å². The summed E-state index contributed by atoms with van der Waals surface area (Å²) >= 11 is 5.78. The zero-order chi connectivity index (χ0) is 29.1. The molecule has 0 spiro atoms. The lowest BCUT2D eigenvalue weighted by Crippen LogP contribution is -2.32. The highest BCUT2D eigenvalue weighted by Crippen LogP contribution is 2.42. The Labute approximate surface area is 243 Å². The average molecular weight is 571 g/mol. The van der Waals surface area contributed by atoms with Crippen molar-refractivity contribution in [2.45, 2.75) is 32.4 Å². The number of ether oxygens (including phenoxy) is 1. The zero-order valence-corrected chi connectivity index (χ0v) is 23.7. The Morgan fingerprint density at radius 3 is 2.56 bits per heavy atom. The second-order valence-corrected chi connectivity index (χ2v) is 10.1. The number of amides is 1. The van der Waals surface area contributed by atoms with Crippen LogP contribution >= 0.6 is 12.2 Å². The molecule has 10 nitrogen and oxygen atoms in total. The van der Waals surface area contributed by atoms with E-state index in [9.17, 15) is 14.9 Å². The average Bonchev–Trinajstić information content (AvgIpc) is 3.46. The van der Waals surface area contributed by atoms with E-state index in [0.29, 0.717) is 23.1 Å². The van der Waals surface area contributed by atoms with Gasteiger partial charge in [0.15, 0.2) is 5.11 Å². The standard InChI is InChI=1S/C30H30N6O4S/c1-19-17-23(20(2)35(19)25-13-12-22(40-3)18-26(25)36(38)39)29-28(24-11-7-8-15-31-24)33-30(41)34(29)16-14-27(37)32-21-9-5-4-6-10-21/h4-13,15,17-18,28-29H,14,16H2,1-3H3,(H,32,37)(H,33,41)/t28-,29-/m0/s1. The van der Waals surface area contributed by atoms with E-state index < -0.39 is 4.92 Å². The molecular weight excluding hydrogens is 540 g/mol. The fourth-order valence-corrected chi connectivity index (χ4v) is 5.71. The number of carbonyl (C=O) groups excluding carboxylic acids is 1. The molecule has 0 saturated carbocycles. The van der Waals surface area contributed by atoms with Gasteiger partial charge in [-0.3, -0.25) is 19.9 Å². The summed E-state index contributed by atoms with van der Waals surface area (Å²) < 4.78 is 7.11. The van der Waals surface area contributed by atoms with Gasteiger partial charge in [-0.15, -0.1) is 0 Å². The number of pyridine rings is 1. The van der Waals surface area contributed by atoms with E-state index in [0.717, 1.165) is 28.3 Å². The van der Waals surface area contributed by atoms with Gasteiger partial charge in [-0.25, -0.2) is 0 Å². The van der Waals surface area contributed by atoms with Gasteiger partial charge >= 0.3 is 0 Å². The highest BCUT2D eigenvalue weighted by Gasteiger charge is 2.41. The molecule has 1 aliphatic rings. The lowest BCUT2D eigenvalue weighted by molar-refractivity contribution is -0.384. The van der Waals surface area contributed by atoms with Crippen LogP contribution in [-0.4, -0.2) is 44.0 Å². The highest BCUT2D eigenvalue weighted by molar-refractivity contribution is 7.80. The lowest BCUT2D eigenvalue weighted by atomic mass is 9.96. The fraction of sp³-hybridized carbons (Fsp3) is 0.233. The first kappa shape index (κ1) is 27.8. The van der Waals surface area contributed by atoms with Gasteiger partial charge in [-0.05, 0) is 74.1 Å². The minimum atomic E-state index is -0.406. The molecule has 2 N–H and O–H groups in total. The first-order chi connectivity index (χ1) is 19.8. The molecule has 41 heavy (non-hydrogen) atoms. The SMILES string of the molecule is COc1ccc(-n2c(C)cc([C@H]3[C@H](c4ccccn4)NC(=S)N3CCC(=O)Nc3ccccc3)c2C)c([N+](=O)[O-])c1. The molecule has 5 rings (SSSR count). The molecule has 2 atom stereocenters. The van der Waals surface area contributed by atoms with Crippen molar-refractivity contribution in [1.29, 1.82) is 0 Å². The molecule has 2 aromatic heterocycles. The predicted molar refractivity (Wildman–Crippen MR) is 160 cm³/mol. The van der Waals surface area contributed by atoms with Crippen LogP contribution in [0.4, 0.5) is 11.4 Å². The molecule has 4 aromatic rings. The van der Waals surface area contributed by atoms with E-state index in [1.807, 2.05) is 77.9 Å². The molecule has 1 fully saturated rings. The van der Waals surface area contributed by atoms with E-state index in [1.54, 1.807) is 18.3 Å². The molecule has 0 aliphatic carbocycles. The predicted octanol–water partition coefficient (Wildman–Crippen LogP) is 5.41. The molecule has 210 valence electrons. The number of carbonyl (C=O) groups is 1. The lowest BCUT2D eigenvalue weighted by Gasteiger charge is -2.28. The number of nitrogens with one attached hydrogen (secondary N) is 2. The third-order valence-electron chi connectivity index (χ3n) is 7.24. The number of rotatable bonds is 9. The number of methoxy groups -OCH3 is 1. The molecule has 3 heterocycles. The van der Waals surface area contributed by atoms with Gasteiger partial charge in [-0.2, -0.15) is 0 Å². The number of para-hydroxylation sites is 1. The summed E-state index contributed by atoms with van der Waals surface area (Å²) in [6.07, 6.45) is 1.95. The quantitative estimate of drug-likeness (QED) is 0.156. The summed E-state index contributed by atoms with van der Waals surface area (Å²) in [6.45, 7) is 4.22. The van der Waals surface area contributed by atoms with Gasteiger partial charge in [-0.1, -0.05) is 24.3 Å². The van der Waals surface area contributed by atoms with Crippen LogP contribution in [-0.2, 0) is 4.79 Å². The van der Waals surface area contributed by atoms with E-state index in [4.69, 9.17) is 17.0 Å². The summed E-state index contributed by atoms with van der Waals surface area (Å²) in [6, 6.07) is 21.3. The topological polar surface area (TPSA) is 115 Å². The number of anilines is 1. The Bertz CT molecular complexity index is 1590. The molecule has 0 radical (unpaired) electrons. The molecule has 1 amide bonds. The highest BCUT2D eigenvalue weighted by atomic mass is 32.1. The van der Waals surface area contributed by atoms with Crippen molar-refractivity contribution < 1.29 is 14.5 Å². The normalized spacial score (nSPS) is 16.4. The number of aromatic nitrogens is 2. The number of hydrogen-bond donors (Lipinski definition) is 2. The summed E-state index contributed by atoms with van der Waals surface area (Å²) in [4.78, 5) is 31.1. The van der Waals surface area contributed by atoms with Crippen molar-refractivity contribution in [3.63, 3.8) is 0 Å². The number of nitrogens with zero attached hydrogens (tertiary/aromatic N) is 4. The maximum Gasteiger partial charge on any atom is 0.296 e. The Morgan fingerprint density at radius 1 is 1.12 bits per heavy atom. The summed E-state index contributed by atoms with van der Waals surface area (Å²) in [5.41, 5.74) is 4.49. The van der Waals surface area contributed by atoms with Crippen LogP contribution in [0.2, 0.25) is 0 Å². The molecule has 1 aliphatic heterocycles. The first-order valence-corrected chi connectivity index (χ1v) is 13.5. The number of aryl methyl sites for hydroxylation is 1. The second-order valence-electron chi connectivity index (χ2n) is 9.76. The maximum absolute atomic E-state index is 12.8. The van der Waals surface area contributed by atoms with Crippen molar-refractivity contribution in [3.05, 3.63) is 112 Å². The number of hydrogen-bond acceptors (Lipinski definition) is 6. The summed E-state index contributed by atoms with van der Waals surface area (Å²) in [7, 11) is 1.48. The van der Waals surface area contributed by atoms with Crippen molar-refractivity contribution in [2.24, 2.45) is 0 Å². The van der Waals surface area contributed by atoms with Gasteiger partial charge < -0.3 is 24.8 Å². The Balaban J connectivity index is 1.53. The number of nitro groups is 1. The summed E-state index contributed by atoms with van der Waals surface area (Å²) in [5, 5.41) is 18.9. The Morgan fingerprint density at radius 2 is 1.88 bits per heavy atom.